The lowest BCUT2D eigenvalue weighted by atomic mass is 9.91. The van der Waals surface area contributed by atoms with Crippen molar-refractivity contribution in [2.24, 2.45) is 0 Å². The van der Waals surface area contributed by atoms with Crippen LogP contribution in [0.15, 0.2) is 0 Å². The fourth-order valence-corrected chi connectivity index (χ4v) is 3.68. The molecule has 6 heteroatoms. The predicted molar refractivity (Wildman–Crippen MR) is 81.5 cm³/mol. The van der Waals surface area contributed by atoms with Crippen LogP contribution in [0.1, 0.15) is 42.7 Å². The van der Waals surface area contributed by atoms with E-state index in [1.54, 1.807) is 11.3 Å². The number of hydrogen-bond acceptors (Lipinski definition) is 5. The minimum absolute atomic E-state index is 0.402. The molecule has 1 aromatic heterocycles. The molecule has 4 nitrogen and oxygen atoms in total. The minimum Gasteiger partial charge on any atom is -0.481 e. The van der Waals surface area contributed by atoms with Gasteiger partial charge in [0.1, 0.15) is 5.92 Å². The van der Waals surface area contributed by atoms with Crippen LogP contribution < -0.4 is 5.32 Å². The van der Waals surface area contributed by atoms with Gasteiger partial charge in [0.25, 0.3) is 0 Å². The van der Waals surface area contributed by atoms with E-state index in [4.69, 9.17) is 0 Å². The van der Waals surface area contributed by atoms with Gasteiger partial charge in [0.05, 0.1) is 5.69 Å². The van der Waals surface area contributed by atoms with Gasteiger partial charge in [-0.25, -0.2) is 4.98 Å². The number of carbonyl (C=O) groups is 1. The number of nitrogens with zero attached hydrogens (tertiary/aromatic N) is 1. The lowest BCUT2D eigenvalue weighted by Crippen LogP contribution is -2.17. The predicted octanol–water partition coefficient (Wildman–Crippen LogP) is 3.20. The second-order valence-corrected chi connectivity index (χ2v) is 7.23. The molecule has 0 fully saturated rings. The zero-order valence-corrected chi connectivity index (χ0v) is 12.9. The Kier molecular flexibility index (Phi) is 5.10. The molecule has 2 atom stereocenters. The summed E-state index contributed by atoms with van der Waals surface area (Å²) in [5.74, 6) is -1.14. The quantitative estimate of drug-likeness (QED) is 0.844. The van der Waals surface area contributed by atoms with Crippen LogP contribution >= 0.6 is 23.1 Å². The first-order chi connectivity index (χ1) is 9.11. The van der Waals surface area contributed by atoms with Crippen molar-refractivity contribution in [1.82, 2.24) is 4.98 Å². The van der Waals surface area contributed by atoms with E-state index in [1.807, 2.05) is 11.8 Å². The SMILES string of the molecule is CSC(C)CCNc1nc2c(s1)CCCC2C(=O)O. The molecular formula is C13H20N2O2S2. The largest absolute Gasteiger partial charge is 0.481 e. The van der Waals surface area contributed by atoms with Crippen LogP contribution in [0.2, 0.25) is 0 Å². The first-order valence-corrected chi connectivity index (χ1v) is 8.71. The van der Waals surface area contributed by atoms with Gasteiger partial charge in [-0.05, 0) is 31.9 Å². The van der Waals surface area contributed by atoms with Gasteiger partial charge in [0, 0.05) is 16.7 Å². The first kappa shape index (κ1) is 14.7. The van der Waals surface area contributed by atoms with Gasteiger partial charge in [-0.3, -0.25) is 4.79 Å². The Morgan fingerprint density at radius 1 is 1.68 bits per heavy atom. The standard InChI is InChI=1S/C13H20N2O2S2/c1-8(18-2)6-7-14-13-15-11-9(12(16)17)4-3-5-10(11)19-13/h8-9H,3-7H2,1-2H3,(H,14,15)(H,16,17). The number of aliphatic carboxylic acids is 1. The molecular weight excluding hydrogens is 280 g/mol. The molecule has 1 heterocycles. The van der Waals surface area contributed by atoms with Gasteiger partial charge in [0.2, 0.25) is 0 Å². The summed E-state index contributed by atoms with van der Waals surface area (Å²) in [5.41, 5.74) is 0.796. The molecule has 2 N–H and O–H groups in total. The molecule has 0 spiro atoms. The van der Waals surface area contributed by atoms with Crippen LogP contribution in [0.4, 0.5) is 5.13 Å². The van der Waals surface area contributed by atoms with Crippen molar-refractivity contribution in [1.29, 1.82) is 0 Å². The van der Waals surface area contributed by atoms with Crippen LogP contribution in [-0.4, -0.2) is 34.1 Å². The third kappa shape index (κ3) is 3.63. The Morgan fingerprint density at radius 2 is 2.47 bits per heavy atom. The Bertz CT molecular complexity index is 448. The number of rotatable bonds is 6. The van der Waals surface area contributed by atoms with Crippen molar-refractivity contribution in [2.75, 3.05) is 18.1 Å². The van der Waals surface area contributed by atoms with Crippen molar-refractivity contribution < 1.29 is 9.90 Å². The van der Waals surface area contributed by atoms with E-state index < -0.39 is 11.9 Å². The molecule has 1 aromatic rings. The minimum atomic E-state index is -0.742. The van der Waals surface area contributed by atoms with Crippen molar-refractivity contribution in [2.45, 2.75) is 43.8 Å². The maximum absolute atomic E-state index is 11.2. The van der Waals surface area contributed by atoms with E-state index in [1.165, 1.54) is 0 Å². The van der Waals surface area contributed by atoms with Gasteiger partial charge in [-0.15, -0.1) is 11.3 Å². The Labute approximate surface area is 122 Å². The number of carboxylic acids is 1. The highest BCUT2D eigenvalue weighted by Crippen LogP contribution is 2.36. The molecule has 19 heavy (non-hydrogen) atoms. The van der Waals surface area contributed by atoms with Gasteiger partial charge >= 0.3 is 5.97 Å². The summed E-state index contributed by atoms with van der Waals surface area (Å²) < 4.78 is 0. The van der Waals surface area contributed by atoms with Gasteiger partial charge in [-0.2, -0.15) is 11.8 Å². The maximum Gasteiger partial charge on any atom is 0.312 e. The Morgan fingerprint density at radius 3 is 3.16 bits per heavy atom. The fraction of sp³-hybridized carbons (Fsp3) is 0.692. The molecule has 1 aliphatic rings. The van der Waals surface area contributed by atoms with E-state index in [2.05, 4.69) is 23.5 Å². The second-order valence-electron chi connectivity index (χ2n) is 4.87. The molecule has 0 aromatic carbocycles. The molecule has 0 aliphatic heterocycles. The number of aromatic nitrogens is 1. The molecule has 0 saturated carbocycles. The second kappa shape index (κ2) is 6.61. The number of fused-ring (bicyclic) bond motifs is 1. The lowest BCUT2D eigenvalue weighted by Gasteiger charge is -2.16. The van der Waals surface area contributed by atoms with Crippen molar-refractivity contribution in [3.8, 4) is 0 Å². The third-order valence-electron chi connectivity index (χ3n) is 3.48. The highest BCUT2D eigenvalue weighted by atomic mass is 32.2. The van der Waals surface area contributed by atoms with E-state index in [-0.39, 0.29) is 0 Å². The smallest absolute Gasteiger partial charge is 0.312 e. The van der Waals surface area contributed by atoms with Gasteiger partial charge < -0.3 is 10.4 Å². The molecule has 2 unspecified atom stereocenters. The molecule has 1 aliphatic carbocycles. The molecule has 0 bridgehead atoms. The third-order valence-corrected chi connectivity index (χ3v) is 5.61. The summed E-state index contributed by atoms with van der Waals surface area (Å²) >= 11 is 3.48. The molecule has 2 rings (SSSR count). The highest BCUT2D eigenvalue weighted by Gasteiger charge is 2.29. The van der Waals surface area contributed by atoms with Crippen molar-refractivity contribution in [3.63, 3.8) is 0 Å². The van der Waals surface area contributed by atoms with E-state index in [0.29, 0.717) is 5.25 Å². The number of carboxylic acid groups (broad SMARTS) is 1. The first-order valence-electron chi connectivity index (χ1n) is 6.61. The van der Waals surface area contributed by atoms with E-state index in [9.17, 15) is 9.90 Å². The summed E-state index contributed by atoms with van der Waals surface area (Å²) in [5, 5.41) is 14.1. The number of anilines is 1. The monoisotopic (exact) mass is 300 g/mol. The zero-order valence-electron chi connectivity index (χ0n) is 11.3. The summed E-state index contributed by atoms with van der Waals surface area (Å²) in [4.78, 5) is 16.9. The fourth-order valence-electron chi connectivity index (χ4n) is 2.23. The topological polar surface area (TPSA) is 62.2 Å². The summed E-state index contributed by atoms with van der Waals surface area (Å²) in [6.45, 7) is 3.10. The Balaban J connectivity index is 1.99. The lowest BCUT2D eigenvalue weighted by molar-refractivity contribution is -0.139. The van der Waals surface area contributed by atoms with Crippen molar-refractivity contribution in [3.05, 3.63) is 10.6 Å². The zero-order chi connectivity index (χ0) is 13.8. The summed E-state index contributed by atoms with van der Waals surface area (Å²) in [6, 6.07) is 0. The average molecular weight is 300 g/mol. The number of hydrogen-bond donors (Lipinski definition) is 2. The molecule has 0 saturated heterocycles. The van der Waals surface area contributed by atoms with Crippen LogP contribution in [0.25, 0.3) is 0 Å². The van der Waals surface area contributed by atoms with Gasteiger partial charge in [0.15, 0.2) is 5.13 Å². The molecule has 0 amide bonds. The van der Waals surface area contributed by atoms with Crippen LogP contribution in [-0.2, 0) is 11.2 Å². The number of thiazole rings is 1. The number of aryl methyl sites for hydroxylation is 1. The average Bonchev–Trinajstić information content (AvgIpc) is 2.80. The van der Waals surface area contributed by atoms with E-state index >= 15 is 0 Å². The number of nitrogens with one attached hydrogen (secondary N) is 1. The number of thioether (sulfide) groups is 1. The van der Waals surface area contributed by atoms with E-state index in [0.717, 1.165) is 47.9 Å². The summed E-state index contributed by atoms with van der Waals surface area (Å²) in [7, 11) is 0. The van der Waals surface area contributed by atoms with Crippen LogP contribution in [0.3, 0.4) is 0 Å². The van der Waals surface area contributed by atoms with Crippen LogP contribution in [0, 0.1) is 0 Å². The normalized spacial score (nSPS) is 19.8. The summed E-state index contributed by atoms with van der Waals surface area (Å²) in [6.07, 6.45) is 5.85. The van der Waals surface area contributed by atoms with Crippen molar-refractivity contribution >= 4 is 34.2 Å². The highest BCUT2D eigenvalue weighted by molar-refractivity contribution is 7.99. The van der Waals surface area contributed by atoms with Gasteiger partial charge in [-0.1, -0.05) is 6.92 Å². The molecule has 0 radical (unpaired) electrons. The Hall–Kier alpha value is -0.750. The van der Waals surface area contributed by atoms with Crippen LogP contribution in [0.5, 0.6) is 0 Å². The molecule has 106 valence electrons. The maximum atomic E-state index is 11.2.